The lowest BCUT2D eigenvalue weighted by atomic mass is 10.2. The maximum absolute atomic E-state index is 11.1. The van der Waals surface area contributed by atoms with Gasteiger partial charge in [0.2, 0.25) is 5.91 Å². The third kappa shape index (κ3) is 5.13. The molecule has 1 aliphatic heterocycles. The first-order chi connectivity index (χ1) is 6.99. The van der Waals surface area contributed by atoms with Gasteiger partial charge in [-0.05, 0) is 12.8 Å². The smallest absolute Gasteiger partial charge is 0.216 e. The summed E-state index contributed by atoms with van der Waals surface area (Å²) in [4.78, 5) is 10.5. The Morgan fingerprint density at radius 3 is 2.53 bits per heavy atom. The highest BCUT2D eigenvalue weighted by Crippen LogP contribution is 2.14. The number of amides is 1. The normalized spacial score (nSPS) is 21.1. The number of carbonyl (C=O) groups is 1. The van der Waals surface area contributed by atoms with Gasteiger partial charge >= 0.3 is 0 Å². The van der Waals surface area contributed by atoms with Crippen LogP contribution in [0.5, 0.6) is 0 Å². The minimum atomic E-state index is -2.81. The van der Waals surface area contributed by atoms with Crippen molar-refractivity contribution >= 4 is 15.7 Å². The van der Waals surface area contributed by atoms with Crippen molar-refractivity contribution in [3.05, 3.63) is 0 Å². The maximum atomic E-state index is 11.1. The molecule has 0 bridgehead atoms. The van der Waals surface area contributed by atoms with Crippen molar-refractivity contribution in [2.75, 3.05) is 24.7 Å². The number of hydrogen-bond acceptors (Lipinski definition) is 4. The highest BCUT2D eigenvalue weighted by Gasteiger charge is 2.23. The first-order valence-corrected chi connectivity index (χ1v) is 6.88. The molecule has 88 valence electrons. The molecular weight excluding hydrogens is 218 g/mol. The average molecular weight is 235 g/mol. The molecule has 0 saturated carbocycles. The molecule has 1 heterocycles. The predicted molar refractivity (Wildman–Crippen MR) is 56.3 cm³/mol. The Morgan fingerprint density at radius 1 is 1.40 bits per heavy atom. The second kappa shape index (κ2) is 5.46. The van der Waals surface area contributed by atoms with E-state index in [2.05, 4.69) is 5.32 Å². The first-order valence-electron chi connectivity index (χ1n) is 5.06. The zero-order valence-electron chi connectivity index (χ0n) is 8.86. The topological polar surface area (TPSA) is 72.5 Å². The van der Waals surface area contributed by atoms with Gasteiger partial charge < -0.3 is 10.1 Å². The third-order valence-electron chi connectivity index (χ3n) is 2.33. The van der Waals surface area contributed by atoms with Crippen molar-refractivity contribution in [3.63, 3.8) is 0 Å². The Kier molecular flexibility index (Phi) is 4.53. The summed E-state index contributed by atoms with van der Waals surface area (Å²) in [6, 6.07) is 0. The lowest BCUT2D eigenvalue weighted by Gasteiger charge is -2.22. The summed E-state index contributed by atoms with van der Waals surface area (Å²) in [7, 11) is -2.81. The van der Waals surface area contributed by atoms with Crippen molar-refractivity contribution in [1.29, 1.82) is 0 Å². The van der Waals surface area contributed by atoms with Crippen LogP contribution < -0.4 is 5.32 Å². The van der Waals surface area contributed by atoms with E-state index in [1.54, 1.807) is 0 Å². The molecule has 0 spiro atoms. The van der Waals surface area contributed by atoms with Gasteiger partial charge in [0.25, 0.3) is 0 Å². The molecule has 1 aliphatic rings. The second-order valence-electron chi connectivity index (χ2n) is 3.70. The lowest BCUT2D eigenvalue weighted by molar-refractivity contribution is -0.119. The fraction of sp³-hybridized carbons (Fsp3) is 0.889. The summed E-state index contributed by atoms with van der Waals surface area (Å²) in [5.74, 6) is 0.361. The van der Waals surface area contributed by atoms with Gasteiger partial charge in [0.05, 0.1) is 24.2 Å². The number of hydrogen-bond donors (Lipinski definition) is 1. The summed E-state index contributed by atoms with van der Waals surface area (Å²) in [5.41, 5.74) is 0. The minimum Gasteiger partial charge on any atom is -0.376 e. The van der Waals surface area contributed by atoms with Gasteiger partial charge in [-0.3, -0.25) is 4.79 Å². The fourth-order valence-corrected chi connectivity index (χ4v) is 2.94. The highest BCUT2D eigenvalue weighted by molar-refractivity contribution is 7.91. The maximum Gasteiger partial charge on any atom is 0.216 e. The SMILES string of the molecule is CC(=O)NCCOC1CCS(=O)(=O)CC1. The van der Waals surface area contributed by atoms with Gasteiger partial charge in [0, 0.05) is 13.5 Å². The van der Waals surface area contributed by atoms with Crippen LogP contribution >= 0.6 is 0 Å². The Bertz CT molecular complexity index is 298. The molecular formula is C9H17NO4S. The van der Waals surface area contributed by atoms with Crippen LogP contribution in [-0.4, -0.2) is 45.1 Å². The number of carbonyl (C=O) groups excluding carboxylic acids is 1. The minimum absolute atomic E-state index is 0.0299. The Hall–Kier alpha value is -0.620. The molecule has 0 unspecified atom stereocenters. The summed E-state index contributed by atoms with van der Waals surface area (Å²) in [5, 5.41) is 2.62. The van der Waals surface area contributed by atoms with E-state index in [9.17, 15) is 13.2 Å². The summed E-state index contributed by atoms with van der Waals surface area (Å²) in [6.07, 6.45) is 1.17. The zero-order chi connectivity index (χ0) is 11.3. The number of nitrogens with one attached hydrogen (secondary N) is 1. The van der Waals surface area contributed by atoms with Crippen molar-refractivity contribution in [2.45, 2.75) is 25.9 Å². The number of rotatable bonds is 4. The molecule has 0 atom stereocenters. The first kappa shape index (κ1) is 12.4. The standard InChI is InChI=1S/C9H17NO4S/c1-8(11)10-4-5-14-9-2-6-15(12,13)7-3-9/h9H,2-7H2,1H3,(H,10,11). The number of ether oxygens (including phenoxy) is 1. The van der Waals surface area contributed by atoms with Gasteiger partial charge in [-0.1, -0.05) is 0 Å². The monoisotopic (exact) mass is 235 g/mol. The van der Waals surface area contributed by atoms with Crippen LogP contribution in [-0.2, 0) is 19.4 Å². The molecule has 1 amide bonds. The van der Waals surface area contributed by atoms with Crippen LogP contribution in [0, 0.1) is 0 Å². The highest BCUT2D eigenvalue weighted by atomic mass is 32.2. The van der Waals surface area contributed by atoms with E-state index in [-0.39, 0.29) is 23.5 Å². The molecule has 1 N–H and O–H groups in total. The lowest BCUT2D eigenvalue weighted by Crippen LogP contribution is -2.31. The summed E-state index contributed by atoms with van der Waals surface area (Å²) in [6.45, 7) is 2.38. The molecule has 1 fully saturated rings. The van der Waals surface area contributed by atoms with E-state index < -0.39 is 9.84 Å². The number of sulfone groups is 1. The van der Waals surface area contributed by atoms with E-state index in [0.717, 1.165) is 0 Å². The largest absolute Gasteiger partial charge is 0.376 e. The molecule has 1 saturated heterocycles. The van der Waals surface area contributed by atoms with Crippen molar-refractivity contribution in [1.82, 2.24) is 5.32 Å². The Labute approximate surface area is 90.1 Å². The average Bonchev–Trinajstić information content (AvgIpc) is 2.14. The summed E-state index contributed by atoms with van der Waals surface area (Å²) >= 11 is 0. The summed E-state index contributed by atoms with van der Waals surface area (Å²) < 4.78 is 27.7. The molecule has 1 rings (SSSR count). The van der Waals surface area contributed by atoms with Gasteiger partial charge in [0.1, 0.15) is 0 Å². The van der Waals surface area contributed by atoms with Crippen molar-refractivity contribution in [3.8, 4) is 0 Å². The molecule has 0 aromatic carbocycles. The fourth-order valence-electron chi connectivity index (χ4n) is 1.49. The van der Waals surface area contributed by atoms with Gasteiger partial charge in [-0.15, -0.1) is 0 Å². The van der Waals surface area contributed by atoms with E-state index >= 15 is 0 Å². The molecule has 0 radical (unpaired) electrons. The van der Waals surface area contributed by atoms with E-state index in [4.69, 9.17) is 4.74 Å². The van der Waals surface area contributed by atoms with E-state index in [1.165, 1.54) is 6.92 Å². The Balaban J connectivity index is 2.11. The van der Waals surface area contributed by atoms with E-state index in [0.29, 0.717) is 26.0 Å². The Morgan fingerprint density at radius 2 is 2.00 bits per heavy atom. The molecule has 6 heteroatoms. The molecule has 0 aromatic heterocycles. The van der Waals surface area contributed by atoms with Crippen LogP contribution in [0.1, 0.15) is 19.8 Å². The van der Waals surface area contributed by atoms with Gasteiger partial charge in [0.15, 0.2) is 9.84 Å². The van der Waals surface area contributed by atoms with Crippen molar-refractivity contribution in [2.24, 2.45) is 0 Å². The predicted octanol–water partition coefficient (Wildman–Crippen LogP) is -0.284. The van der Waals surface area contributed by atoms with Crippen LogP contribution in [0.2, 0.25) is 0 Å². The molecule has 0 aromatic rings. The zero-order valence-corrected chi connectivity index (χ0v) is 9.68. The van der Waals surface area contributed by atoms with Gasteiger partial charge in [-0.25, -0.2) is 8.42 Å². The van der Waals surface area contributed by atoms with Crippen molar-refractivity contribution < 1.29 is 17.9 Å². The van der Waals surface area contributed by atoms with Crippen LogP contribution in [0.4, 0.5) is 0 Å². The van der Waals surface area contributed by atoms with Crippen LogP contribution in [0.15, 0.2) is 0 Å². The van der Waals surface area contributed by atoms with Gasteiger partial charge in [-0.2, -0.15) is 0 Å². The third-order valence-corrected chi connectivity index (χ3v) is 4.05. The molecule has 0 aliphatic carbocycles. The van der Waals surface area contributed by atoms with Crippen LogP contribution in [0.3, 0.4) is 0 Å². The quantitative estimate of drug-likeness (QED) is 0.680. The second-order valence-corrected chi connectivity index (χ2v) is 6.01. The van der Waals surface area contributed by atoms with E-state index in [1.807, 2.05) is 0 Å². The molecule has 5 nitrogen and oxygen atoms in total. The molecule has 15 heavy (non-hydrogen) atoms. The van der Waals surface area contributed by atoms with Crippen LogP contribution in [0.25, 0.3) is 0 Å².